The summed E-state index contributed by atoms with van der Waals surface area (Å²) in [5, 5.41) is 8.56. The molecule has 1 aliphatic carbocycles. The zero-order valence-electron chi connectivity index (χ0n) is 13.6. The summed E-state index contributed by atoms with van der Waals surface area (Å²) in [5.74, 6) is 0.396. The van der Waals surface area contributed by atoms with Gasteiger partial charge in [-0.25, -0.2) is 9.59 Å². The van der Waals surface area contributed by atoms with E-state index in [2.05, 4.69) is 13.8 Å². The summed E-state index contributed by atoms with van der Waals surface area (Å²) in [5.41, 5.74) is 0. The van der Waals surface area contributed by atoms with Gasteiger partial charge >= 0.3 is 12.3 Å². The molecule has 0 amide bonds. The number of ether oxygens (including phenoxy) is 3. The lowest BCUT2D eigenvalue weighted by molar-refractivity contribution is -0.0231. The van der Waals surface area contributed by atoms with Crippen LogP contribution in [0.2, 0.25) is 0 Å². The minimum atomic E-state index is -1.25. The fourth-order valence-electron chi connectivity index (χ4n) is 2.66. The Balaban J connectivity index is 2.19. The molecule has 0 spiro atoms. The molecule has 0 aromatic carbocycles. The van der Waals surface area contributed by atoms with Gasteiger partial charge in [-0.1, -0.05) is 33.1 Å². The molecule has 0 heterocycles. The lowest BCUT2D eigenvalue weighted by Crippen LogP contribution is -2.30. The second-order valence-corrected chi connectivity index (χ2v) is 5.88. The Hall–Kier alpha value is -1.46. The number of hydrogen-bond acceptors (Lipinski definition) is 5. The standard InChI is InChI=1S/C16H28O6/c1-3-5-6-12(4-2)11-20-16(19)22-14-9-7-13(8-10-14)21-15(17)18/h12-14H,3-11H2,1-2H3,(H,17,18). The van der Waals surface area contributed by atoms with Crippen LogP contribution in [-0.4, -0.2) is 36.2 Å². The third kappa shape index (κ3) is 7.52. The Labute approximate surface area is 132 Å². The van der Waals surface area contributed by atoms with Gasteiger partial charge in [0.1, 0.15) is 12.2 Å². The van der Waals surface area contributed by atoms with Crippen LogP contribution in [-0.2, 0) is 14.2 Å². The monoisotopic (exact) mass is 316 g/mol. The van der Waals surface area contributed by atoms with Crippen molar-refractivity contribution in [3.05, 3.63) is 0 Å². The molecule has 6 heteroatoms. The molecule has 1 fully saturated rings. The molecule has 0 aromatic rings. The third-order valence-corrected chi connectivity index (χ3v) is 4.13. The maximum absolute atomic E-state index is 11.7. The molecule has 0 radical (unpaired) electrons. The Morgan fingerprint density at radius 3 is 2.18 bits per heavy atom. The zero-order valence-corrected chi connectivity index (χ0v) is 13.6. The summed E-state index contributed by atoms with van der Waals surface area (Å²) in [7, 11) is 0. The average Bonchev–Trinajstić information content (AvgIpc) is 2.49. The van der Waals surface area contributed by atoms with Gasteiger partial charge in [-0.3, -0.25) is 0 Å². The largest absolute Gasteiger partial charge is 0.508 e. The first kappa shape index (κ1) is 18.6. The van der Waals surface area contributed by atoms with Crippen molar-refractivity contribution in [2.75, 3.05) is 6.61 Å². The Morgan fingerprint density at radius 2 is 1.68 bits per heavy atom. The Bertz CT molecular complexity index is 336. The van der Waals surface area contributed by atoms with Crippen molar-refractivity contribution >= 4 is 12.3 Å². The highest BCUT2D eigenvalue weighted by Gasteiger charge is 2.26. The van der Waals surface area contributed by atoms with Gasteiger partial charge in [0.15, 0.2) is 0 Å². The van der Waals surface area contributed by atoms with E-state index in [9.17, 15) is 9.59 Å². The summed E-state index contributed by atoms with van der Waals surface area (Å²) in [6.45, 7) is 4.65. The lowest BCUT2D eigenvalue weighted by Gasteiger charge is -2.27. The first-order chi connectivity index (χ1) is 10.5. The lowest BCUT2D eigenvalue weighted by atomic mass is 9.95. The molecular weight excluding hydrogens is 288 g/mol. The van der Waals surface area contributed by atoms with E-state index in [1.807, 2.05) is 0 Å². The van der Waals surface area contributed by atoms with Crippen LogP contribution >= 0.6 is 0 Å². The van der Waals surface area contributed by atoms with Gasteiger partial charge in [0.2, 0.25) is 0 Å². The van der Waals surface area contributed by atoms with E-state index in [1.165, 1.54) is 0 Å². The van der Waals surface area contributed by atoms with Crippen molar-refractivity contribution in [2.24, 2.45) is 5.92 Å². The third-order valence-electron chi connectivity index (χ3n) is 4.13. The van der Waals surface area contributed by atoms with Crippen molar-refractivity contribution < 1.29 is 28.9 Å². The van der Waals surface area contributed by atoms with Gasteiger partial charge in [-0.15, -0.1) is 0 Å². The number of rotatable bonds is 8. The molecule has 1 saturated carbocycles. The molecule has 0 aliphatic heterocycles. The van der Waals surface area contributed by atoms with Crippen molar-refractivity contribution in [1.82, 2.24) is 0 Å². The molecule has 0 bridgehead atoms. The molecule has 0 aromatic heterocycles. The van der Waals surface area contributed by atoms with E-state index >= 15 is 0 Å². The molecule has 1 aliphatic rings. The summed E-state index contributed by atoms with van der Waals surface area (Å²) >= 11 is 0. The normalized spacial score (nSPS) is 22.6. The topological polar surface area (TPSA) is 82.1 Å². The van der Waals surface area contributed by atoms with Gasteiger partial charge in [0.25, 0.3) is 0 Å². The van der Waals surface area contributed by atoms with Crippen molar-refractivity contribution in [2.45, 2.75) is 77.4 Å². The minimum absolute atomic E-state index is 0.197. The SMILES string of the molecule is CCCCC(CC)COC(=O)OC1CCC(OC(=O)O)CC1. The van der Waals surface area contributed by atoms with Crippen LogP contribution in [0.25, 0.3) is 0 Å². The van der Waals surface area contributed by atoms with Crippen LogP contribution in [0.4, 0.5) is 9.59 Å². The maximum Gasteiger partial charge on any atom is 0.508 e. The van der Waals surface area contributed by atoms with Crippen LogP contribution in [0.15, 0.2) is 0 Å². The number of hydrogen-bond donors (Lipinski definition) is 1. The Kier molecular flexibility index (Phi) is 8.70. The van der Waals surface area contributed by atoms with E-state index in [1.54, 1.807) is 0 Å². The zero-order chi connectivity index (χ0) is 16.4. The first-order valence-corrected chi connectivity index (χ1v) is 8.28. The number of unbranched alkanes of at least 4 members (excludes halogenated alkanes) is 1. The van der Waals surface area contributed by atoms with E-state index in [-0.39, 0.29) is 12.2 Å². The number of carbonyl (C=O) groups excluding carboxylic acids is 1. The number of carboxylic acid groups (broad SMARTS) is 1. The predicted octanol–water partition coefficient (Wildman–Crippen LogP) is 4.36. The molecule has 22 heavy (non-hydrogen) atoms. The van der Waals surface area contributed by atoms with Crippen molar-refractivity contribution in [3.63, 3.8) is 0 Å². The van der Waals surface area contributed by atoms with E-state index in [0.717, 1.165) is 25.7 Å². The molecule has 1 rings (SSSR count). The van der Waals surface area contributed by atoms with E-state index in [0.29, 0.717) is 38.2 Å². The highest BCUT2D eigenvalue weighted by atomic mass is 16.7. The van der Waals surface area contributed by atoms with E-state index in [4.69, 9.17) is 19.3 Å². The van der Waals surface area contributed by atoms with Crippen LogP contribution in [0.1, 0.15) is 65.2 Å². The van der Waals surface area contributed by atoms with E-state index < -0.39 is 12.3 Å². The van der Waals surface area contributed by atoms with Gasteiger partial charge in [-0.05, 0) is 38.0 Å². The van der Waals surface area contributed by atoms with Gasteiger partial charge < -0.3 is 19.3 Å². The molecule has 6 nitrogen and oxygen atoms in total. The number of carbonyl (C=O) groups is 2. The molecule has 1 atom stereocenters. The van der Waals surface area contributed by atoms with Crippen LogP contribution in [0.3, 0.4) is 0 Å². The smallest absolute Gasteiger partial charge is 0.450 e. The second-order valence-electron chi connectivity index (χ2n) is 5.88. The quantitative estimate of drug-likeness (QED) is 0.670. The summed E-state index contributed by atoms with van der Waals surface area (Å²) in [6, 6.07) is 0. The van der Waals surface area contributed by atoms with Crippen molar-refractivity contribution in [1.29, 1.82) is 0 Å². The van der Waals surface area contributed by atoms with Gasteiger partial charge in [0.05, 0.1) is 6.61 Å². The van der Waals surface area contributed by atoms with Crippen LogP contribution in [0.5, 0.6) is 0 Å². The predicted molar refractivity (Wildman–Crippen MR) is 80.9 cm³/mol. The fourth-order valence-corrected chi connectivity index (χ4v) is 2.66. The second kappa shape index (κ2) is 10.3. The van der Waals surface area contributed by atoms with Crippen LogP contribution in [0, 0.1) is 5.92 Å². The van der Waals surface area contributed by atoms with Gasteiger partial charge in [0, 0.05) is 0 Å². The fraction of sp³-hybridized carbons (Fsp3) is 0.875. The van der Waals surface area contributed by atoms with Crippen LogP contribution < -0.4 is 0 Å². The average molecular weight is 316 g/mol. The molecule has 0 saturated heterocycles. The highest BCUT2D eigenvalue weighted by Crippen LogP contribution is 2.24. The summed E-state index contributed by atoms with van der Waals surface area (Å²) in [4.78, 5) is 22.1. The highest BCUT2D eigenvalue weighted by molar-refractivity contribution is 5.60. The summed E-state index contributed by atoms with van der Waals surface area (Å²) < 4.78 is 15.2. The van der Waals surface area contributed by atoms with Gasteiger partial charge in [-0.2, -0.15) is 0 Å². The van der Waals surface area contributed by atoms with Crippen molar-refractivity contribution in [3.8, 4) is 0 Å². The molecular formula is C16H28O6. The molecule has 1 N–H and O–H groups in total. The summed E-state index contributed by atoms with van der Waals surface area (Å²) in [6.07, 6.45) is 4.38. The first-order valence-electron chi connectivity index (χ1n) is 8.28. The Morgan fingerprint density at radius 1 is 1.09 bits per heavy atom. The molecule has 1 unspecified atom stereocenters. The molecule has 128 valence electrons. The minimum Gasteiger partial charge on any atom is -0.450 e. The maximum atomic E-state index is 11.7.